The molecule has 0 radical (unpaired) electrons. The van der Waals surface area contributed by atoms with E-state index >= 15 is 0 Å². The number of aryl methyl sites for hydroxylation is 1. The molecule has 1 N–H and O–H groups in total. The summed E-state index contributed by atoms with van der Waals surface area (Å²) in [5.41, 5.74) is 6.04. The third kappa shape index (κ3) is 5.13. The molecule has 1 aromatic heterocycles. The standard InChI is InChI=1S/C30H35N5O2/c1-33-19-25(18-31-33)21-5-3-20(4-6-21)22-13-15-35(16-14-22)30(37)24-9-12-28(34(2)26-10-11-26)27(17-24)32-29(36)23-7-8-23/h3-6,9,12,17-19,22-23,26H,7-8,10-11,13-16H2,1-2H3,(H,32,36). The van der Waals surface area contributed by atoms with Crippen molar-refractivity contribution in [1.82, 2.24) is 14.7 Å². The van der Waals surface area contributed by atoms with Gasteiger partial charge in [0.25, 0.3) is 5.91 Å². The minimum atomic E-state index is 0.0490. The van der Waals surface area contributed by atoms with Gasteiger partial charge in [-0.25, -0.2) is 0 Å². The molecule has 7 nitrogen and oxygen atoms in total. The Hall–Kier alpha value is -3.61. The van der Waals surface area contributed by atoms with Gasteiger partial charge in [0, 0.05) is 56.5 Å². The molecule has 0 bridgehead atoms. The van der Waals surface area contributed by atoms with Crippen molar-refractivity contribution in [2.75, 3.05) is 30.4 Å². The van der Waals surface area contributed by atoms with Gasteiger partial charge < -0.3 is 15.1 Å². The Balaban J connectivity index is 1.12. The zero-order valence-electron chi connectivity index (χ0n) is 21.7. The third-order valence-corrected chi connectivity index (χ3v) is 8.13. The fourth-order valence-electron chi connectivity index (χ4n) is 5.43. The summed E-state index contributed by atoms with van der Waals surface area (Å²) in [4.78, 5) is 30.2. The van der Waals surface area contributed by atoms with Crippen molar-refractivity contribution >= 4 is 23.2 Å². The average Bonchev–Trinajstić information content (AvgIpc) is 3.86. The molecule has 6 rings (SSSR count). The van der Waals surface area contributed by atoms with E-state index in [9.17, 15) is 9.59 Å². The number of aromatic nitrogens is 2. The Bertz CT molecular complexity index is 1300. The van der Waals surface area contributed by atoms with Crippen molar-refractivity contribution in [2.24, 2.45) is 13.0 Å². The van der Waals surface area contributed by atoms with E-state index in [1.807, 2.05) is 47.2 Å². The lowest BCUT2D eigenvalue weighted by atomic mass is 9.88. The molecule has 2 heterocycles. The highest BCUT2D eigenvalue weighted by Crippen LogP contribution is 2.38. The second-order valence-electron chi connectivity index (χ2n) is 10.9. The largest absolute Gasteiger partial charge is 0.370 e. The van der Waals surface area contributed by atoms with Crippen molar-refractivity contribution < 1.29 is 9.59 Å². The number of nitrogens with one attached hydrogen (secondary N) is 1. The first-order chi connectivity index (χ1) is 18.0. The van der Waals surface area contributed by atoms with Crippen LogP contribution in [-0.4, -0.2) is 52.7 Å². The summed E-state index contributed by atoms with van der Waals surface area (Å²) in [7, 11) is 4.01. The van der Waals surface area contributed by atoms with Gasteiger partial charge in [0.15, 0.2) is 0 Å². The number of rotatable bonds is 7. The van der Waals surface area contributed by atoms with E-state index in [1.165, 1.54) is 24.0 Å². The second kappa shape index (κ2) is 9.69. The van der Waals surface area contributed by atoms with Crippen LogP contribution in [0.3, 0.4) is 0 Å². The summed E-state index contributed by atoms with van der Waals surface area (Å²) in [5.74, 6) is 0.698. The summed E-state index contributed by atoms with van der Waals surface area (Å²) in [6.07, 6.45) is 10.1. The van der Waals surface area contributed by atoms with Crippen LogP contribution in [0, 0.1) is 5.92 Å². The normalized spacial score (nSPS) is 18.1. The molecule has 37 heavy (non-hydrogen) atoms. The number of carbonyl (C=O) groups excluding carboxylic acids is 2. The number of hydrogen-bond donors (Lipinski definition) is 1. The van der Waals surface area contributed by atoms with Gasteiger partial charge in [0.05, 0.1) is 17.6 Å². The monoisotopic (exact) mass is 497 g/mol. The van der Waals surface area contributed by atoms with Gasteiger partial charge in [-0.3, -0.25) is 14.3 Å². The first-order valence-electron chi connectivity index (χ1n) is 13.5. The van der Waals surface area contributed by atoms with Gasteiger partial charge in [-0.1, -0.05) is 24.3 Å². The van der Waals surface area contributed by atoms with Crippen LogP contribution in [0.5, 0.6) is 0 Å². The first kappa shape index (κ1) is 23.8. The highest BCUT2D eigenvalue weighted by Gasteiger charge is 2.32. The molecule has 0 unspecified atom stereocenters. The van der Waals surface area contributed by atoms with Crippen molar-refractivity contribution in [2.45, 2.75) is 50.5 Å². The van der Waals surface area contributed by atoms with E-state index in [0.29, 0.717) is 17.5 Å². The maximum Gasteiger partial charge on any atom is 0.253 e. The lowest BCUT2D eigenvalue weighted by molar-refractivity contribution is -0.117. The molecular weight excluding hydrogens is 462 g/mol. The first-order valence-corrected chi connectivity index (χ1v) is 13.5. The molecule has 2 aliphatic carbocycles. The second-order valence-corrected chi connectivity index (χ2v) is 10.9. The fraction of sp³-hybridized carbons (Fsp3) is 0.433. The van der Waals surface area contributed by atoms with Crippen LogP contribution in [0.2, 0.25) is 0 Å². The minimum Gasteiger partial charge on any atom is -0.370 e. The van der Waals surface area contributed by atoms with Gasteiger partial charge in [-0.2, -0.15) is 5.10 Å². The Morgan fingerprint density at radius 3 is 2.30 bits per heavy atom. The molecule has 3 aromatic rings. The maximum absolute atomic E-state index is 13.4. The van der Waals surface area contributed by atoms with E-state index in [1.54, 1.807) is 0 Å². The quantitative estimate of drug-likeness (QED) is 0.496. The molecule has 0 atom stereocenters. The summed E-state index contributed by atoms with van der Waals surface area (Å²) >= 11 is 0. The van der Waals surface area contributed by atoms with Crippen molar-refractivity contribution in [1.29, 1.82) is 0 Å². The Morgan fingerprint density at radius 2 is 1.68 bits per heavy atom. The van der Waals surface area contributed by atoms with E-state index in [4.69, 9.17) is 0 Å². The van der Waals surface area contributed by atoms with Gasteiger partial charge in [0.1, 0.15) is 0 Å². The molecule has 0 spiro atoms. The fourth-order valence-corrected chi connectivity index (χ4v) is 5.43. The van der Waals surface area contributed by atoms with Crippen LogP contribution in [0.15, 0.2) is 54.9 Å². The Labute approximate surface area is 218 Å². The molecule has 3 fully saturated rings. The minimum absolute atomic E-state index is 0.0490. The SMILES string of the molecule is CN(c1ccc(C(=O)N2CCC(c3ccc(-c4cnn(C)c4)cc3)CC2)cc1NC(=O)C1CC1)C1CC1. The van der Waals surface area contributed by atoms with Gasteiger partial charge in [0.2, 0.25) is 5.91 Å². The summed E-state index contributed by atoms with van der Waals surface area (Å²) < 4.78 is 1.82. The topological polar surface area (TPSA) is 70.5 Å². The lowest BCUT2D eigenvalue weighted by Crippen LogP contribution is -2.38. The number of anilines is 2. The Morgan fingerprint density at radius 1 is 0.946 bits per heavy atom. The average molecular weight is 498 g/mol. The zero-order chi connectivity index (χ0) is 25.5. The van der Waals surface area contributed by atoms with Crippen molar-refractivity contribution in [3.05, 3.63) is 66.0 Å². The van der Waals surface area contributed by atoms with Crippen molar-refractivity contribution in [3.63, 3.8) is 0 Å². The van der Waals surface area contributed by atoms with Crippen LogP contribution in [0.25, 0.3) is 11.1 Å². The lowest BCUT2D eigenvalue weighted by Gasteiger charge is -2.32. The molecule has 3 aliphatic rings. The van der Waals surface area contributed by atoms with E-state index in [0.717, 1.165) is 55.7 Å². The van der Waals surface area contributed by atoms with E-state index < -0.39 is 0 Å². The highest BCUT2D eigenvalue weighted by atomic mass is 16.2. The number of likely N-dealkylation sites (tertiary alicyclic amines) is 1. The number of carbonyl (C=O) groups is 2. The van der Waals surface area contributed by atoms with Crippen LogP contribution in [-0.2, 0) is 11.8 Å². The molecule has 1 saturated heterocycles. The molecule has 2 aromatic carbocycles. The number of piperidine rings is 1. The van der Waals surface area contributed by atoms with E-state index in [-0.39, 0.29) is 17.7 Å². The Kier molecular flexibility index (Phi) is 6.22. The summed E-state index contributed by atoms with van der Waals surface area (Å²) in [5, 5.41) is 7.39. The van der Waals surface area contributed by atoms with Crippen LogP contribution < -0.4 is 10.2 Å². The van der Waals surface area contributed by atoms with Crippen LogP contribution in [0.4, 0.5) is 11.4 Å². The number of benzene rings is 2. The van der Waals surface area contributed by atoms with E-state index in [2.05, 4.69) is 46.6 Å². The van der Waals surface area contributed by atoms with Crippen LogP contribution in [0.1, 0.15) is 60.4 Å². The maximum atomic E-state index is 13.4. The zero-order valence-corrected chi connectivity index (χ0v) is 21.7. The molecule has 192 valence electrons. The molecule has 7 heteroatoms. The van der Waals surface area contributed by atoms with Gasteiger partial charge >= 0.3 is 0 Å². The molecule has 1 aliphatic heterocycles. The molecular formula is C30H35N5O2. The van der Waals surface area contributed by atoms with Crippen LogP contribution >= 0.6 is 0 Å². The van der Waals surface area contributed by atoms with Gasteiger partial charge in [-0.15, -0.1) is 0 Å². The number of amides is 2. The third-order valence-electron chi connectivity index (χ3n) is 8.13. The summed E-state index contributed by atoms with van der Waals surface area (Å²) in [6, 6.07) is 15.1. The highest BCUT2D eigenvalue weighted by molar-refractivity contribution is 6.01. The smallest absolute Gasteiger partial charge is 0.253 e. The number of hydrogen-bond acceptors (Lipinski definition) is 4. The van der Waals surface area contributed by atoms with Gasteiger partial charge in [-0.05, 0) is 73.8 Å². The van der Waals surface area contributed by atoms with Crippen molar-refractivity contribution in [3.8, 4) is 11.1 Å². The number of nitrogens with zero attached hydrogens (tertiary/aromatic N) is 4. The predicted octanol–water partition coefficient (Wildman–Crippen LogP) is 5.05. The molecule has 2 saturated carbocycles. The molecule has 2 amide bonds. The summed E-state index contributed by atoms with van der Waals surface area (Å²) in [6.45, 7) is 1.47. The predicted molar refractivity (Wildman–Crippen MR) is 146 cm³/mol.